The van der Waals surface area contributed by atoms with Gasteiger partial charge < -0.3 is 10.1 Å². The minimum atomic E-state index is 0.511. The van der Waals surface area contributed by atoms with Crippen molar-refractivity contribution in [1.29, 1.82) is 0 Å². The van der Waals surface area contributed by atoms with Gasteiger partial charge in [-0.1, -0.05) is 72.2 Å². The van der Waals surface area contributed by atoms with Crippen LogP contribution in [0.1, 0.15) is 30.5 Å². The summed E-state index contributed by atoms with van der Waals surface area (Å²) in [5.74, 6) is 0. The van der Waals surface area contributed by atoms with Gasteiger partial charge in [-0.25, -0.2) is 0 Å². The van der Waals surface area contributed by atoms with Crippen molar-refractivity contribution in [3.8, 4) is 0 Å². The van der Waals surface area contributed by atoms with Gasteiger partial charge >= 0.3 is 0 Å². The predicted molar refractivity (Wildman–Crippen MR) is 91.1 cm³/mol. The number of hydrogen-bond acceptors (Lipinski definition) is 2. The zero-order valence-corrected chi connectivity index (χ0v) is 14.2. The van der Waals surface area contributed by atoms with E-state index in [4.69, 9.17) is 4.74 Å². The first-order chi connectivity index (χ1) is 10.1. The summed E-state index contributed by atoms with van der Waals surface area (Å²) in [5.41, 5.74) is 3.68. The molecular weight excluding hydrogens is 326 g/mol. The maximum atomic E-state index is 5.78. The number of ether oxygens (including phenoxy) is 1. The number of nitrogens with one attached hydrogen (secondary N) is 1. The maximum Gasteiger partial charge on any atom is 0.0732 e. The van der Waals surface area contributed by atoms with Crippen LogP contribution < -0.4 is 5.32 Å². The van der Waals surface area contributed by atoms with Crippen LogP contribution in [0.3, 0.4) is 0 Å². The summed E-state index contributed by atoms with van der Waals surface area (Å²) in [6.07, 6.45) is 0. The number of halogens is 1. The number of rotatable bonds is 7. The van der Waals surface area contributed by atoms with Crippen molar-refractivity contribution in [3.05, 3.63) is 69.7 Å². The van der Waals surface area contributed by atoms with E-state index < -0.39 is 0 Å². The molecule has 2 aromatic carbocycles. The Kier molecular flexibility index (Phi) is 6.43. The molecule has 0 radical (unpaired) electrons. The van der Waals surface area contributed by atoms with Gasteiger partial charge in [0.15, 0.2) is 0 Å². The minimum absolute atomic E-state index is 0.511. The quantitative estimate of drug-likeness (QED) is 0.786. The molecule has 0 heterocycles. The first-order valence-corrected chi connectivity index (χ1v) is 8.07. The van der Waals surface area contributed by atoms with Gasteiger partial charge in [0.05, 0.1) is 13.2 Å². The lowest BCUT2D eigenvalue weighted by molar-refractivity contribution is 0.107. The molecule has 3 heteroatoms. The third-order valence-corrected chi connectivity index (χ3v) is 4.00. The minimum Gasteiger partial charge on any atom is -0.372 e. The molecule has 0 unspecified atom stereocenters. The Morgan fingerprint density at radius 2 is 1.62 bits per heavy atom. The average molecular weight is 348 g/mol. The number of benzene rings is 2. The maximum absolute atomic E-state index is 5.78. The fourth-order valence-electron chi connectivity index (χ4n) is 1.97. The summed E-state index contributed by atoms with van der Waals surface area (Å²) >= 11 is 3.53. The summed E-state index contributed by atoms with van der Waals surface area (Å²) in [6.45, 7) is 6.49. The van der Waals surface area contributed by atoms with Gasteiger partial charge in [0.2, 0.25) is 0 Å². The molecule has 0 saturated heterocycles. The van der Waals surface area contributed by atoms with Crippen molar-refractivity contribution in [2.45, 2.75) is 39.6 Å². The molecule has 2 aromatic rings. The van der Waals surface area contributed by atoms with Crippen molar-refractivity contribution in [2.24, 2.45) is 0 Å². The third-order valence-electron chi connectivity index (χ3n) is 3.22. The lowest BCUT2D eigenvalue weighted by Gasteiger charge is -2.09. The smallest absolute Gasteiger partial charge is 0.0732 e. The summed E-state index contributed by atoms with van der Waals surface area (Å²) in [6, 6.07) is 17.3. The highest BCUT2D eigenvalue weighted by atomic mass is 79.9. The Morgan fingerprint density at radius 3 is 2.29 bits per heavy atom. The molecule has 2 nitrogen and oxygen atoms in total. The van der Waals surface area contributed by atoms with Crippen LogP contribution in [0, 0.1) is 0 Å². The van der Waals surface area contributed by atoms with E-state index in [0.29, 0.717) is 19.3 Å². The Labute approximate surface area is 135 Å². The summed E-state index contributed by atoms with van der Waals surface area (Å²) in [4.78, 5) is 0. The Balaban J connectivity index is 1.80. The highest BCUT2D eigenvalue weighted by Gasteiger charge is 2.00. The second kappa shape index (κ2) is 8.32. The third kappa shape index (κ3) is 5.62. The second-order valence-corrected chi connectivity index (χ2v) is 6.29. The molecule has 2 rings (SSSR count). The molecule has 0 bridgehead atoms. The zero-order valence-electron chi connectivity index (χ0n) is 12.6. The van der Waals surface area contributed by atoms with E-state index in [-0.39, 0.29) is 0 Å². The summed E-state index contributed by atoms with van der Waals surface area (Å²) in [7, 11) is 0. The van der Waals surface area contributed by atoms with Gasteiger partial charge in [-0.05, 0) is 22.8 Å². The highest BCUT2D eigenvalue weighted by molar-refractivity contribution is 9.10. The van der Waals surface area contributed by atoms with Gasteiger partial charge in [-0.15, -0.1) is 0 Å². The highest BCUT2D eigenvalue weighted by Crippen LogP contribution is 2.17. The van der Waals surface area contributed by atoms with Crippen LogP contribution in [0.15, 0.2) is 53.0 Å². The molecule has 0 fully saturated rings. The van der Waals surface area contributed by atoms with Crippen LogP contribution in [0.25, 0.3) is 0 Å². The average Bonchev–Trinajstić information content (AvgIpc) is 2.48. The lowest BCUT2D eigenvalue weighted by Crippen LogP contribution is -2.21. The first kappa shape index (κ1) is 16.2. The fourth-order valence-corrected chi connectivity index (χ4v) is 2.37. The van der Waals surface area contributed by atoms with E-state index in [0.717, 1.165) is 11.0 Å². The van der Waals surface area contributed by atoms with Crippen molar-refractivity contribution >= 4 is 15.9 Å². The normalized spacial score (nSPS) is 11.0. The lowest BCUT2D eigenvalue weighted by atomic mass is 10.1. The molecule has 1 N–H and O–H groups in total. The summed E-state index contributed by atoms with van der Waals surface area (Å²) < 4.78 is 6.88. The molecule has 0 amide bonds. The summed E-state index contributed by atoms with van der Waals surface area (Å²) in [5, 5.41) is 3.42. The van der Waals surface area contributed by atoms with E-state index in [1.165, 1.54) is 16.7 Å². The van der Waals surface area contributed by atoms with Crippen LogP contribution in [0.4, 0.5) is 0 Å². The van der Waals surface area contributed by atoms with Crippen molar-refractivity contribution in [2.75, 3.05) is 0 Å². The molecule has 0 aromatic heterocycles. The van der Waals surface area contributed by atoms with Crippen LogP contribution >= 0.6 is 15.9 Å². The molecular formula is C18H22BrNO. The van der Waals surface area contributed by atoms with Gasteiger partial charge in [-0.2, -0.15) is 0 Å². The number of hydrogen-bond donors (Lipinski definition) is 1. The molecule has 0 spiro atoms. The largest absolute Gasteiger partial charge is 0.372 e. The van der Waals surface area contributed by atoms with Gasteiger partial charge in [0, 0.05) is 17.1 Å². The molecule has 112 valence electrons. The van der Waals surface area contributed by atoms with E-state index in [2.05, 4.69) is 65.4 Å². The molecule has 0 aliphatic heterocycles. The molecule has 0 aliphatic rings. The van der Waals surface area contributed by atoms with E-state index in [1.54, 1.807) is 0 Å². The standard InChI is InChI=1S/C18H22BrNO/c1-14(2)20-11-15-7-9-16(10-8-15)12-21-13-17-5-3-4-6-18(17)19/h3-10,14,20H,11-13H2,1-2H3. The van der Waals surface area contributed by atoms with E-state index in [9.17, 15) is 0 Å². The van der Waals surface area contributed by atoms with Crippen molar-refractivity contribution < 1.29 is 4.74 Å². The van der Waals surface area contributed by atoms with Gasteiger partial charge in [0.25, 0.3) is 0 Å². The van der Waals surface area contributed by atoms with Crippen molar-refractivity contribution in [3.63, 3.8) is 0 Å². The Hall–Kier alpha value is -1.16. The molecule has 0 saturated carbocycles. The van der Waals surface area contributed by atoms with Gasteiger partial charge in [-0.3, -0.25) is 0 Å². The monoisotopic (exact) mass is 347 g/mol. The Morgan fingerprint density at radius 1 is 0.952 bits per heavy atom. The zero-order chi connectivity index (χ0) is 15.1. The van der Waals surface area contributed by atoms with Crippen molar-refractivity contribution in [1.82, 2.24) is 5.32 Å². The van der Waals surface area contributed by atoms with E-state index in [1.807, 2.05) is 18.2 Å². The van der Waals surface area contributed by atoms with Crippen LogP contribution in [-0.2, 0) is 24.5 Å². The van der Waals surface area contributed by atoms with Crippen LogP contribution in [0.2, 0.25) is 0 Å². The molecule has 21 heavy (non-hydrogen) atoms. The molecule has 0 atom stereocenters. The van der Waals surface area contributed by atoms with E-state index >= 15 is 0 Å². The van der Waals surface area contributed by atoms with Gasteiger partial charge in [0.1, 0.15) is 0 Å². The topological polar surface area (TPSA) is 21.3 Å². The predicted octanol–water partition coefficient (Wildman–Crippen LogP) is 4.66. The first-order valence-electron chi connectivity index (χ1n) is 7.27. The second-order valence-electron chi connectivity index (χ2n) is 5.44. The van der Waals surface area contributed by atoms with Crippen LogP contribution in [-0.4, -0.2) is 6.04 Å². The SMILES string of the molecule is CC(C)NCc1ccc(COCc2ccccc2Br)cc1. The fraction of sp³-hybridized carbons (Fsp3) is 0.333. The Bertz CT molecular complexity index is 551. The van der Waals surface area contributed by atoms with Crippen LogP contribution in [0.5, 0.6) is 0 Å². The molecule has 0 aliphatic carbocycles.